The second-order valence-corrected chi connectivity index (χ2v) is 5.14. The molecule has 1 unspecified atom stereocenters. The van der Waals surface area contributed by atoms with E-state index in [1.807, 2.05) is 18.2 Å². The van der Waals surface area contributed by atoms with Crippen molar-refractivity contribution in [1.82, 2.24) is 0 Å². The van der Waals surface area contributed by atoms with Crippen LogP contribution in [0.1, 0.15) is 6.42 Å². The molecule has 1 atom stereocenters. The normalized spacial score (nSPS) is 23.9. The Morgan fingerprint density at radius 1 is 1.59 bits per heavy atom. The monoisotopic (exact) mass is 300 g/mol. The molecule has 1 aliphatic heterocycles. The highest BCUT2D eigenvalue weighted by Crippen LogP contribution is 2.27. The van der Waals surface area contributed by atoms with Crippen molar-refractivity contribution in [3.63, 3.8) is 0 Å². The van der Waals surface area contributed by atoms with Crippen molar-refractivity contribution in [3.05, 3.63) is 22.7 Å². The third-order valence-corrected chi connectivity index (χ3v) is 3.75. The van der Waals surface area contributed by atoms with Crippen LogP contribution in [0.4, 0.5) is 11.4 Å². The van der Waals surface area contributed by atoms with E-state index >= 15 is 0 Å². The molecule has 2 rings (SSSR count). The number of nitrogen functional groups attached to an aromatic ring is 1. The van der Waals surface area contributed by atoms with Gasteiger partial charge in [0.1, 0.15) is 5.60 Å². The van der Waals surface area contributed by atoms with Crippen LogP contribution in [0.2, 0.25) is 0 Å². The molecule has 0 saturated carbocycles. The Morgan fingerprint density at radius 2 is 2.41 bits per heavy atom. The maximum absolute atomic E-state index is 5.70. The number of methoxy groups -OCH3 is 1. The number of hydrogen-bond acceptors (Lipinski definition) is 4. The minimum Gasteiger partial charge on any atom is -0.399 e. The van der Waals surface area contributed by atoms with Gasteiger partial charge in [-0.05, 0) is 34.1 Å². The smallest absolute Gasteiger partial charge is 0.110 e. The predicted octanol–water partition coefficient (Wildman–Crippen LogP) is 2.25. The van der Waals surface area contributed by atoms with Crippen molar-refractivity contribution in [2.45, 2.75) is 12.0 Å². The largest absolute Gasteiger partial charge is 0.399 e. The average molecular weight is 301 g/mol. The van der Waals surface area contributed by atoms with E-state index in [9.17, 15) is 0 Å². The van der Waals surface area contributed by atoms with E-state index in [-0.39, 0.29) is 5.60 Å². The molecule has 1 saturated heterocycles. The maximum Gasteiger partial charge on any atom is 0.110 e. The fourth-order valence-corrected chi connectivity index (χ4v) is 2.43. The second-order valence-electron chi connectivity index (χ2n) is 4.28. The second kappa shape index (κ2) is 5.25. The number of hydrogen-bond donors (Lipinski definition) is 2. The van der Waals surface area contributed by atoms with E-state index in [1.165, 1.54) is 0 Å². The van der Waals surface area contributed by atoms with E-state index in [2.05, 4.69) is 21.2 Å². The molecule has 1 aromatic rings. The SMILES string of the molecule is COC1(CNc2ccc(N)cc2Br)CCOC1. The summed E-state index contributed by atoms with van der Waals surface area (Å²) in [6.45, 7) is 2.13. The van der Waals surface area contributed by atoms with Gasteiger partial charge in [-0.2, -0.15) is 0 Å². The Morgan fingerprint density at radius 3 is 3.00 bits per heavy atom. The Balaban J connectivity index is 2.01. The average Bonchev–Trinajstić information content (AvgIpc) is 2.77. The van der Waals surface area contributed by atoms with Gasteiger partial charge < -0.3 is 20.5 Å². The lowest BCUT2D eigenvalue weighted by Crippen LogP contribution is -2.39. The molecule has 4 nitrogen and oxygen atoms in total. The number of rotatable bonds is 4. The highest BCUT2D eigenvalue weighted by molar-refractivity contribution is 9.10. The Hall–Kier alpha value is -0.780. The van der Waals surface area contributed by atoms with Crippen molar-refractivity contribution >= 4 is 27.3 Å². The zero-order valence-electron chi connectivity index (χ0n) is 9.83. The van der Waals surface area contributed by atoms with Gasteiger partial charge in [0, 0.05) is 42.5 Å². The molecule has 0 amide bonds. The summed E-state index contributed by atoms with van der Waals surface area (Å²) in [5.74, 6) is 0. The molecule has 1 heterocycles. The summed E-state index contributed by atoms with van der Waals surface area (Å²) in [6.07, 6.45) is 0.920. The van der Waals surface area contributed by atoms with Crippen molar-refractivity contribution < 1.29 is 9.47 Å². The zero-order valence-corrected chi connectivity index (χ0v) is 11.4. The molecule has 1 fully saturated rings. The van der Waals surface area contributed by atoms with Gasteiger partial charge >= 0.3 is 0 Å². The number of nitrogens with two attached hydrogens (primary N) is 1. The zero-order chi connectivity index (χ0) is 12.3. The maximum atomic E-state index is 5.70. The van der Waals surface area contributed by atoms with Crippen molar-refractivity contribution in [1.29, 1.82) is 0 Å². The number of anilines is 2. The Labute approximate surface area is 110 Å². The molecule has 5 heteroatoms. The van der Waals surface area contributed by atoms with Crippen LogP contribution in [0.25, 0.3) is 0 Å². The van der Waals surface area contributed by atoms with E-state index in [0.29, 0.717) is 6.61 Å². The highest BCUT2D eigenvalue weighted by Gasteiger charge is 2.34. The van der Waals surface area contributed by atoms with E-state index in [4.69, 9.17) is 15.2 Å². The fourth-order valence-electron chi connectivity index (χ4n) is 1.89. The van der Waals surface area contributed by atoms with E-state index in [1.54, 1.807) is 7.11 Å². The van der Waals surface area contributed by atoms with Gasteiger partial charge in [0.2, 0.25) is 0 Å². The third-order valence-electron chi connectivity index (χ3n) is 3.09. The number of benzene rings is 1. The van der Waals surface area contributed by atoms with Gasteiger partial charge in [-0.25, -0.2) is 0 Å². The van der Waals surface area contributed by atoms with Crippen LogP contribution in [-0.2, 0) is 9.47 Å². The summed E-state index contributed by atoms with van der Waals surface area (Å²) in [6, 6.07) is 5.71. The van der Waals surface area contributed by atoms with Crippen LogP contribution < -0.4 is 11.1 Å². The first-order valence-corrected chi connectivity index (χ1v) is 6.36. The molecule has 0 spiro atoms. The molecule has 0 bridgehead atoms. The molecule has 0 radical (unpaired) electrons. The summed E-state index contributed by atoms with van der Waals surface area (Å²) in [5.41, 5.74) is 7.25. The Bertz CT molecular complexity index is 392. The van der Waals surface area contributed by atoms with Crippen molar-refractivity contribution in [3.8, 4) is 0 Å². The van der Waals surface area contributed by atoms with Gasteiger partial charge in [0.15, 0.2) is 0 Å². The van der Waals surface area contributed by atoms with Gasteiger partial charge in [0.05, 0.1) is 6.61 Å². The molecule has 94 valence electrons. The van der Waals surface area contributed by atoms with E-state index < -0.39 is 0 Å². The highest BCUT2D eigenvalue weighted by atomic mass is 79.9. The van der Waals surface area contributed by atoms with Crippen molar-refractivity contribution in [2.24, 2.45) is 0 Å². The first kappa shape index (κ1) is 12.7. The molecule has 3 N–H and O–H groups in total. The van der Waals surface area contributed by atoms with Gasteiger partial charge in [0.25, 0.3) is 0 Å². The van der Waals surface area contributed by atoms with Crippen LogP contribution in [0, 0.1) is 0 Å². The number of nitrogens with one attached hydrogen (secondary N) is 1. The van der Waals surface area contributed by atoms with Crippen LogP contribution in [-0.4, -0.2) is 32.5 Å². The first-order chi connectivity index (χ1) is 8.15. The molecule has 0 aromatic heterocycles. The molecule has 1 aromatic carbocycles. The lowest BCUT2D eigenvalue weighted by Gasteiger charge is -2.26. The molecule has 0 aliphatic carbocycles. The predicted molar refractivity (Wildman–Crippen MR) is 72.2 cm³/mol. The quantitative estimate of drug-likeness (QED) is 0.838. The van der Waals surface area contributed by atoms with Gasteiger partial charge in [-0.1, -0.05) is 0 Å². The van der Waals surface area contributed by atoms with Gasteiger partial charge in [-0.3, -0.25) is 0 Å². The lowest BCUT2D eigenvalue weighted by atomic mass is 10.0. The van der Waals surface area contributed by atoms with Crippen molar-refractivity contribution in [2.75, 3.05) is 37.9 Å². The van der Waals surface area contributed by atoms with Crippen LogP contribution in [0.5, 0.6) is 0 Å². The summed E-state index contributed by atoms with van der Waals surface area (Å²) in [7, 11) is 1.73. The van der Waals surface area contributed by atoms with Crippen LogP contribution >= 0.6 is 15.9 Å². The minimum atomic E-state index is -0.208. The Kier molecular flexibility index (Phi) is 3.91. The fraction of sp³-hybridized carbons (Fsp3) is 0.500. The molecule has 17 heavy (non-hydrogen) atoms. The standard InChI is InChI=1S/C12H17BrN2O2/c1-16-12(4-5-17-8-12)7-15-11-3-2-9(14)6-10(11)13/h2-3,6,15H,4-5,7-8,14H2,1H3. The van der Waals surface area contributed by atoms with Crippen LogP contribution in [0.3, 0.4) is 0 Å². The van der Waals surface area contributed by atoms with Gasteiger partial charge in [-0.15, -0.1) is 0 Å². The number of ether oxygens (including phenoxy) is 2. The van der Waals surface area contributed by atoms with Crippen LogP contribution in [0.15, 0.2) is 22.7 Å². The third kappa shape index (κ3) is 2.91. The summed E-state index contributed by atoms with van der Waals surface area (Å²) in [5, 5.41) is 3.37. The molecular weight excluding hydrogens is 284 g/mol. The molecular formula is C12H17BrN2O2. The van der Waals surface area contributed by atoms with E-state index in [0.717, 1.165) is 35.4 Å². The topological polar surface area (TPSA) is 56.5 Å². The summed E-state index contributed by atoms with van der Waals surface area (Å²) in [4.78, 5) is 0. The molecule has 1 aliphatic rings. The summed E-state index contributed by atoms with van der Waals surface area (Å²) < 4.78 is 11.9. The lowest BCUT2D eigenvalue weighted by molar-refractivity contribution is -0.00620. The minimum absolute atomic E-state index is 0.208. The summed E-state index contributed by atoms with van der Waals surface area (Å²) >= 11 is 3.48. The number of halogens is 1. The first-order valence-electron chi connectivity index (χ1n) is 5.57.